The summed E-state index contributed by atoms with van der Waals surface area (Å²) in [7, 11) is 0. The standard InChI is InChI=1S/C15H25NO/c1-13(2)8-7-11-16-12-15(3,17)14-9-5-4-6-10-14/h4-6,9-10,13,16-17H,7-8,11-12H2,1-3H3. The van der Waals surface area contributed by atoms with Crippen molar-refractivity contribution in [3.63, 3.8) is 0 Å². The van der Waals surface area contributed by atoms with Crippen LogP contribution in [0, 0.1) is 5.92 Å². The number of nitrogens with one attached hydrogen (secondary N) is 1. The molecule has 1 aromatic carbocycles. The second-order valence-electron chi connectivity index (χ2n) is 5.35. The minimum atomic E-state index is -0.779. The van der Waals surface area contributed by atoms with E-state index in [1.807, 2.05) is 37.3 Å². The number of aliphatic hydroxyl groups is 1. The largest absolute Gasteiger partial charge is 0.384 e. The first-order valence-corrected chi connectivity index (χ1v) is 6.51. The van der Waals surface area contributed by atoms with Gasteiger partial charge in [0.1, 0.15) is 0 Å². The van der Waals surface area contributed by atoms with E-state index in [4.69, 9.17) is 0 Å². The summed E-state index contributed by atoms with van der Waals surface area (Å²) in [6, 6.07) is 9.83. The molecule has 0 heterocycles. The number of hydrogen-bond acceptors (Lipinski definition) is 2. The second kappa shape index (κ2) is 6.77. The first-order chi connectivity index (χ1) is 8.02. The summed E-state index contributed by atoms with van der Waals surface area (Å²) in [6.07, 6.45) is 2.41. The molecule has 0 aliphatic carbocycles. The van der Waals surface area contributed by atoms with E-state index in [0.717, 1.165) is 18.0 Å². The smallest absolute Gasteiger partial charge is 0.0992 e. The van der Waals surface area contributed by atoms with Gasteiger partial charge >= 0.3 is 0 Å². The summed E-state index contributed by atoms with van der Waals surface area (Å²) < 4.78 is 0. The van der Waals surface area contributed by atoms with Crippen LogP contribution in [0.3, 0.4) is 0 Å². The predicted molar refractivity (Wildman–Crippen MR) is 73.0 cm³/mol. The minimum Gasteiger partial charge on any atom is -0.384 e. The fourth-order valence-electron chi connectivity index (χ4n) is 1.87. The Morgan fingerprint density at radius 1 is 1.24 bits per heavy atom. The minimum absolute atomic E-state index is 0.606. The van der Waals surface area contributed by atoms with Crippen LogP contribution in [-0.2, 0) is 5.60 Å². The summed E-state index contributed by atoms with van der Waals surface area (Å²) in [5.41, 5.74) is 0.190. The highest BCUT2D eigenvalue weighted by molar-refractivity contribution is 5.21. The Bertz CT molecular complexity index is 306. The van der Waals surface area contributed by atoms with Gasteiger partial charge in [0.15, 0.2) is 0 Å². The summed E-state index contributed by atoms with van der Waals surface area (Å²) in [5, 5.41) is 13.7. The van der Waals surface area contributed by atoms with E-state index in [-0.39, 0.29) is 0 Å². The maximum Gasteiger partial charge on any atom is 0.0992 e. The zero-order valence-corrected chi connectivity index (χ0v) is 11.2. The first kappa shape index (κ1) is 14.2. The molecule has 1 aromatic rings. The lowest BCUT2D eigenvalue weighted by Gasteiger charge is -2.24. The molecule has 0 aromatic heterocycles. The third-order valence-corrected chi connectivity index (χ3v) is 3.00. The molecule has 0 spiro atoms. The highest BCUT2D eigenvalue weighted by atomic mass is 16.3. The van der Waals surface area contributed by atoms with Gasteiger partial charge in [0.25, 0.3) is 0 Å². The van der Waals surface area contributed by atoms with Gasteiger partial charge in [-0.25, -0.2) is 0 Å². The molecule has 1 unspecified atom stereocenters. The SMILES string of the molecule is CC(C)CCCNCC(C)(O)c1ccccc1. The predicted octanol–water partition coefficient (Wildman–Crippen LogP) is 2.92. The molecule has 96 valence electrons. The van der Waals surface area contributed by atoms with Gasteiger partial charge in [-0.15, -0.1) is 0 Å². The van der Waals surface area contributed by atoms with Crippen molar-refractivity contribution in [3.8, 4) is 0 Å². The van der Waals surface area contributed by atoms with Crippen molar-refractivity contribution in [3.05, 3.63) is 35.9 Å². The van der Waals surface area contributed by atoms with Gasteiger partial charge in [-0.05, 0) is 37.8 Å². The third kappa shape index (κ3) is 5.33. The van der Waals surface area contributed by atoms with Crippen LogP contribution < -0.4 is 5.32 Å². The lowest BCUT2D eigenvalue weighted by molar-refractivity contribution is 0.0570. The molecule has 0 aliphatic heterocycles. The lowest BCUT2D eigenvalue weighted by Crippen LogP contribution is -2.35. The number of benzene rings is 1. The zero-order valence-electron chi connectivity index (χ0n) is 11.2. The monoisotopic (exact) mass is 235 g/mol. The van der Waals surface area contributed by atoms with Gasteiger partial charge in [0, 0.05) is 6.54 Å². The normalized spacial score (nSPS) is 14.9. The molecule has 0 saturated carbocycles. The summed E-state index contributed by atoms with van der Waals surface area (Å²) in [5.74, 6) is 0.756. The topological polar surface area (TPSA) is 32.3 Å². The quantitative estimate of drug-likeness (QED) is 0.712. The lowest BCUT2D eigenvalue weighted by atomic mass is 9.96. The molecule has 0 saturated heterocycles. The number of hydrogen-bond donors (Lipinski definition) is 2. The average molecular weight is 235 g/mol. The van der Waals surface area contributed by atoms with Crippen molar-refractivity contribution in [1.82, 2.24) is 5.32 Å². The molecular weight excluding hydrogens is 210 g/mol. The van der Waals surface area contributed by atoms with Crippen LogP contribution in [0.4, 0.5) is 0 Å². The van der Waals surface area contributed by atoms with Gasteiger partial charge < -0.3 is 10.4 Å². The maximum atomic E-state index is 10.3. The van der Waals surface area contributed by atoms with Crippen LogP contribution in [0.5, 0.6) is 0 Å². The molecular formula is C15H25NO. The summed E-state index contributed by atoms with van der Waals surface area (Å²) in [6.45, 7) is 7.91. The summed E-state index contributed by atoms with van der Waals surface area (Å²) >= 11 is 0. The van der Waals surface area contributed by atoms with E-state index in [1.54, 1.807) is 0 Å². The highest BCUT2D eigenvalue weighted by Crippen LogP contribution is 2.18. The molecule has 1 atom stereocenters. The van der Waals surface area contributed by atoms with Crippen LogP contribution in [0.15, 0.2) is 30.3 Å². The van der Waals surface area contributed by atoms with Crippen molar-refractivity contribution >= 4 is 0 Å². The fraction of sp³-hybridized carbons (Fsp3) is 0.600. The maximum absolute atomic E-state index is 10.3. The molecule has 2 heteroatoms. The van der Waals surface area contributed by atoms with E-state index in [9.17, 15) is 5.11 Å². The Morgan fingerprint density at radius 3 is 2.47 bits per heavy atom. The molecule has 17 heavy (non-hydrogen) atoms. The highest BCUT2D eigenvalue weighted by Gasteiger charge is 2.21. The molecule has 0 aliphatic rings. The fourth-order valence-corrected chi connectivity index (χ4v) is 1.87. The van der Waals surface area contributed by atoms with Crippen LogP contribution in [0.1, 0.15) is 39.2 Å². The molecule has 0 fully saturated rings. The van der Waals surface area contributed by atoms with E-state index < -0.39 is 5.60 Å². The van der Waals surface area contributed by atoms with Crippen LogP contribution in [-0.4, -0.2) is 18.2 Å². The molecule has 2 nitrogen and oxygen atoms in total. The Morgan fingerprint density at radius 2 is 1.88 bits per heavy atom. The van der Waals surface area contributed by atoms with E-state index in [1.165, 1.54) is 12.8 Å². The molecule has 2 N–H and O–H groups in total. The van der Waals surface area contributed by atoms with Crippen LogP contribution in [0.2, 0.25) is 0 Å². The van der Waals surface area contributed by atoms with Crippen molar-refractivity contribution in [2.24, 2.45) is 5.92 Å². The van der Waals surface area contributed by atoms with Crippen molar-refractivity contribution < 1.29 is 5.11 Å². The van der Waals surface area contributed by atoms with Gasteiger partial charge in [-0.2, -0.15) is 0 Å². The summed E-state index contributed by atoms with van der Waals surface area (Å²) in [4.78, 5) is 0. The molecule has 1 rings (SSSR count). The zero-order chi connectivity index (χ0) is 12.7. The third-order valence-electron chi connectivity index (χ3n) is 3.00. The Kier molecular flexibility index (Phi) is 5.66. The van der Waals surface area contributed by atoms with E-state index in [0.29, 0.717) is 6.54 Å². The Labute approximate surface area is 105 Å². The van der Waals surface area contributed by atoms with Gasteiger partial charge in [0.2, 0.25) is 0 Å². The van der Waals surface area contributed by atoms with Crippen molar-refractivity contribution in [2.45, 2.75) is 39.2 Å². The first-order valence-electron chi connectivity index (χ1n) is 6.51. The van der Waals surface area contributed by atoms with E-state index in [2.05, 4.69) is 19.2 Å². The van der Waals surface area contributed by atoms with Crippen molar-refractivity contribution in [2.75, 3.05) is 13.1 Å². The van der Waals surface area contributed by atoms with Gasteiger partial charge in [-0.3, -0.25) is 0 Å². The van der Waals surface area contributed by atoms with Crippen molar-refractivity contribution in [1.29, 1.82) is 0 Å². The molecule has 0 radical (unpaired) electrons. The Hall–Kier alpha value is -0.860. The van der Waals surface area contributed by atoms with E-state index >= 15 is 0 Å². The molecule has 0 bridgehead atoms. The van der Waals surface area contributed by atoms with Crippen LogP contribution >= 0.6 is 0 Å². The average Bonchev–Trinajstić information content (AvgIpc) is 2.29. The van der Waals surface area contributed by atoms with Gasteiger partial charge in [-0.1, -0.05) is 44.2 Å². The van der Waals surface area contributed by atoms with Crippen LogP contribution in [0.25, 0.3) is 0 Å². The van der Waals surface area contributed by atoms with Gasteiger partial charge in [0.05, 0.1) is 5.60 Å². The number of rotatable bonds is 7. The second-order valence-corrected chi connectivity index (χ2v) is 5.35. The Balaban J connectivity index is 2.30. The molecule has 0 amide bonds.